The largest absolute Gasteiger partial charge is 0.490 e. The molecular formula is C23H31F3N2O3. The van der Waals surface area contributed by atoms with Crippen LogP contribution in [0.5, 0.6) is 0 Å². The zero-order chi connectivity index (χ0) is 22.8. The molecule has 1 N–H and O–H groups in total. The molecule has 1 aromatic carbocycles. The third-order valence-electron chi connectivity index (χ3n) is 6.80. The Labute approximate surface area is 181 Å². The lowest BCUT2D eigenvalue weighted by atomic mass is 9.73. The lowest BCUT2D eigenvalue weighted by Gasteiger charge is -2.40. The molecule has 5 nitrogen and oxygen atoms in total. The molecule has 0 radical (unpaired) electrons. The number of carboxylic acid groups (broad SMARTS) is 1. The van der Waals surface area contributed by atoms with Crippen LogP contribution in [0, 0.1) is 5.92 Å². The van der Waals surface area contributed by atoms with Gasteiger partial charge in [-0.05, 0) is 73.6 Å². The van der Waals surface area contributed by atoms with Gasteiger partial charge in [-0.2, -0.15) is 13.2 Å². The first kappa shape index (κ1) is 23.6. The molecule has 31 heavy (non-hydrogen) atoms. The maximum atomic E-state index is 12.3. The highest BCUT2D eigenvalue weighted by Gasteiger charge is 2.46. The molecule has 1 saturated heterocycles. The fraction of sp³-hybridized carbons (Fsp3) is 0.652. The van der Waals surface area contributed by atoms with Gasteiger partial charge in [0, 0.05) is 27.1 Å². The first-order chi connectivity index (χ1) is 14.5. The summed E-state index contributed by atoms with van der Waals surface area (Å²) in [6.07, 6.45) is 2.17. The third kappa shape index (κ3) is 5.79. The molecule has 1 aromatic rings. The Balaban J connectivity index is 0.000000339. The second-order valence-corrected chi connectivity index (χ2v) is 9.31. The lowest BCUT2D eigenvalue weighted by Crippen LogP contribution is -2.42. The van der Waals surface area contributed by atoms with Crippen molar-refractivity contribution in [2.24, 2.45) is 5.92 Å². The summed E-state index contributed by atoms with van der Waals surface area (Å²) < 4.78 is 31.7. The number of piperidine rings is 1. The summed E-state index contributed by atoms with van der Waals surface area (Å²) in [5, 5.41) is 7.12. The van der Waals surface area contributed by atoms with Gasteiger partial charge in [0.1, 0.15) is 0 Å². The maximum Gasteiger partial charge on any atom is 0.490 e. The van der Waals surface area contributed by atoms with Crippen LogP contribution < -0.4 is 0 Å². The number of rotatable bonds is 4. The van der Waals surface area contributed by atoms with E-state index in [-0.39, 0.29) is 5.91 Å². The molecule has 4 rings (SSSR count). The predicted molar refractivity (Wildman–Crippen MR) is 111 cm³/mol. The fourth-order valence-corrected chi connectivity index (χ4v) is 4.91. The summed E-state index contributed by atoms with van der Waals surface area (Å²) in [6, 6.07) is 8.95. The predicted octanol–water partition coefficient (Wildman–Crippen LogP) is 4.03. The van der Waals surface area contributed by atoms with Crippen LogP contribution in [0.2, 0.25) is 0 Å². The Kier molecular flexibility index (Phi) is 6.98. The molecule has 2 fully saturated rings. The second-order valence-electron chi connectivity index (χ2n) is 9.31. The van der Waals surface area contributed by atoms with Crippen molar-refractivity contribution >= 4 is 11.9 Å². The van der Waals surface area contributed by atoms with Crippen molar-refractivity contribution in [3.8, 4) is 0 Å². The Morgan fingerprint density at radius 1 is 1.16 bits per heavy atom. The molecule has 1 spiro atoms. The van der Waals surface area contributed by atoms with E-state index in [1.54, 1.807) is 10.5 Å². The molecule has 1 saturated carbocycles. The topological polar surface area (TPSA) is 60.9 Å². The highest BCUT2D eigenvalue weighted by molar-refractivity contribution is 5.77. The third-order valence-corrected chi connectivity index (χ3v) is 6.80. The highest BCUT2D eigenvalue weighted by Crippen LogP contribution is 2.53. The number of amides is 1. The summed E-state index contributed by atoms with van der Waals surface area (Å²) in [4.78, 5) is 25.6. The molecule has 172 valence electrons. The molecule has 1 heterocycles. The van der Waals surface area contributed by atoms with Crippen molar-refractivity contribution in [3.05, 3.63) is 35.4 Å². The SMILES string of the molecule is CN(C)C(=O)CC1CC2(CCN(CC3CC3)CC2)c2ccccc21.O=C(O)C(F)(F)F. The molecule has 1 atom stereocenters. The maximum absolute atomic E-state index is 12.3. The number of carbonyl (C=O) groups excluding carboxylic acids is 1. The number of hydrogen-bond acceptors (Lipinski definition) is 3. The van der Waals surface area contributed by atoms with E-state index in [1.807, 2.05) is 14.1 Å². The normalized spacial score (nSPS) is 22.4. The fourth-order valence-electron chi connectivity index (χ4n) is 4.91. The number of nitrogens with zero attached hydrogens (tertiary/aromatic N) is 2. The summed E-state index contributed by atoms with van der Waals surface area (Å²) >= 11 is 0. The van der Waals surface area contributed by atoms with Crippen molar-refractivity contribution in [1.82, 2.24) is 9.80 Å². The molecule has 0 aromatic heterocycles. The van der Waals surface area contributed by atoms with Crippen LogP contribution in [-0.2, 0) is 15.0 Å². The van der Waals surface area contributed by atoms with E-state index >= 15 is 0 Å². The van der Waals surface area contributed by atoms with Crippen molar-refractivity contribution < 1.29 is 27.9 Å². The molecule has 2 aliphatic carbocycles. The Morgan fingerprint density at radius 2 is 1.74 bits per heavy atom. The minimum Gasteiger partial charge on any atom is -0.475 e. The summed E-state index contributed by atoms with van der Waals surface area (Å²) in [7, 11) is 3.74. The van der Waals surface area contributed by atoms with Gasteiger partial charge < -0.3 is 14.9 Å². The molecule has 0 bridgehead atoms. The zero-order valence-corrected chi connectivity index (χ0v) is 18.1. The number of benzene rings is 1. The number of likely N-dealkylation sites (tertiary alicyclic amines) is 1. The molecule has 3 aliphatic rings. The minimum atomic E-state index is -5.08. The number of hydrogen-bond donors (Lipinski definition) is 1. The van der Waals surface area contributed by atoms with Gasteiger partial charge in [-0.3, -0.25) is 4.79 Å². The number of carboxylic acids is 1. The number of aliphatic carboxylic acids is 1. The van der Waals surface area contributed by atoms with Crippen LogP contribution >= 0.6 is 0 Å². The Morgan fingerprint density at radius 3 is 2.26 bits per heavy atom. The first-order valence-electron chi connectivity index (χ1n) is 10.8. The van der Waals surface area contributed by atoms with Gasteiger partial charge in [0.25, 0.3) is 0 Å². The van der Waals surface area contributed by atoms with E-state index in [4.69, 9.17) is 9.90 Å². The number of fused-ring (bicyclic) bond motifs is 2. The lowest BCUT2D eigenvalue weighted by molar-refractivity contribution is -0.192. The average Bonchev–Trinajstić information content (AvgIpc) is 3.48. The smallest absolute Gasteiger partial charge is 0.475 e. The molecule has 1 amide bonds. The van der Waals surface area contributed by atoms with Gasteiger partial charge in [-0.25, -0.2) is 4.79 Å². The number of halogens is 3. The number of carbonyl (C=O) groups is 2. The summed E-state index contributed by atoms with van der Waals surface area (Å²) in [5.74, 6) is -1.10. The van der Waals surface area contributed by atoms with Crippen LogP contribution in [0.25, 0.3) is 0 Å². The molecule has 1 aliphatic heterocycles. The average molecular weight is 441 g/mol. The molecule has 1 unspecified atom stereocenters. The quantitative estimate of drug-likeness (QED) is 0.768. The van der Waals surface area contributed by atoms with Gasteiger partial charge in [0.05, 0.1) is 0 Å². The van der Waals surface area contributed by atoms with Crippen LogP contribution in [0.3, 0.4) is 0 Å². The van der Waals surface area contributed by atoms with Crippen molar-refractivity contribution in [2.75, 3.05) is 33.7 Å². The van der Waals surface area contributed by atoms with Crippen LogP contribution in [0.15, 0.2) is 24.3 Å². The van der Waals surface area contributed by atoms with Gasteiger partial charge in [-0.1, -0.05) is 24.3 Å². The second kappa shape index (κ2) is 9.18. The Hall–Kier alpha value is -2.09. The van der Waals surface area contributed by atoms with E-state index in [0.29, 0.717) is 17.8 Å². The Bertz CT molecular complexity index is 798. The van der Waals surface area contributed by atoms with E-state index in [1.165, 1.54) is 57.3 Å². The molecular weight excluding hydrogens is 409 g/mol. The number of alkyl halides is 3. The van der Waals surface area contributed by atoms with E-state index in [2.05, 4.69) is 29.2 Å². The van der Waals surface area contributed by atoms with Crippen LogP contribution in [0.4, 0.5) is 13.2 Å². The van der Waals surface area contributed by atoms with Gasteiger partial charge in [-0.15, -0.1) is 0 Å². The van der Waals surface area contributed by atoms with Gasteiger partial charge in [0.15, 0.2) is 0 Å². The van der Waals surface area contributed by atoms with E-state index in [0.717, 1.165) is 5.92 Å². The van der Waals surface area contributed by atoms with E-state index in [9.17, 15) is 18.0 Å². The minimum absolute atomic E-state index is 0.262. The standard InChI is InChI=1S/C21H30N2O.C2HF3O2/c1-22(2)20(24)13-17-14-21(19-6-4-3-5-18(17)19)9-11-23(12-10-21)15-16-7-8-16;3-2(4,5)1(6)7/h3-6,16-17H,7-15H2,1-2H3;(H,6,7). The highest BCUT2D eigenvalue weighted by atomic mass is 19.4. The summed E-state index contributed by atoms with van der Waals surface area (Å²) in [5.41, 5.74) is 3.32. The zero-order valence-electron chi connectivity index (χ0n) is 18.1. The van der Waals surface area contributed by atoms with Crippen molar-refractivity contribution in [2.45, 2.75) is 56.0 Å². The molecule has 8 heteroatoms. The first-order valence-corrected chi connectivity index (χ1v) is 10.8. The van der Waals surface area contributed by atoms with Crippen LogP contribution in [0.1, 0.15) is 55.6 Å². The van der Waals surface area contributed by atoms with Gasteiger partial charge in [0.2, 0.25) is 5.91 Å². The van der Waals surface area contributed by atoms with Crippen molar-refractivity contribution in [1.29, 1.82) is 0 Å². The summed E-state index contributed by atoms with van der Waals surface area (Å²) in [6.45, 7) is 3.79. The van der Waals surface area contributed by atoms with Crippen molar-refractivity contribution in [3.63, 3.8) is 0 Å². The van der Waals surface area contributed by atoms with Gasteiger partial charge >= 0.3 is 12.1 Å². The van der Waals surface area contributed by atoms with E-state index < -0.39 is 12.1 Å². The van der Waals surface area contributed by atoms with Crippen LogP contribution in [-0.4, -0.2) is 66.7 Å². The monoisotopic (exact) mass is 440 g/mol.